The van der Waals surface area contributed by atoms with E-state index in [1.165, 1.54) is 12.1 Å². The van der Waals surface area contributed by atoms with Gasteiger partial charge in [0.2, 0.25) is 5.91 Å². The van der Waals surface area contributed by atoms with E-state index in [2.05, 4.69) is 10.6 Å². The fourth-order valence-electron chi connectivity index (χ4n) is 5.18. The molecule has 6 nitrogen and oxygen atoms in total. The van der Waals surface area contributed by atoms with E-state index >= 15 is 0 Å². The van der Waals surface area contributed by atoms with E-state index in [1.54, 1.807) is 17.0 Å². The molecule has 0 spiro atoms. The number of nitrogens with zero attached hydrogens (tertiary/aromatic N) is 1. The summed E-state index contributed by atoms with van der Waals surface area (Å²) < 4.78 is 26.3. The molecule has 1 amide bonds. The molecule has 3 aromatic rings. The van der Waals surface area contributed by atoms with Crippen molar-refractivity contribution in [2.45, 2.75) is 39.5 Å². The van der Waals surface area contributed by atoms with Gasteiger partial charge in [-0.05, 0) is 81.9 Å². The summed E-state index contributed by atoms with van der Waals surface area (Å²) >= 11 is 5.76. The molecule has 36 heavy (non-hydrogen) atoms. The minimum absolute atomic E-state index is 0.218. The minimum atomic E-state index is -1.23. The number of fused-ring (bicyclic) bond motifs is 4. The number of benzene rings is 3. The summed E-state index contributed by atoms with van der Waals surface area (Å²) in [5, 5.41) is 6.86. The van der Waals surface area contributed by atoms with Crippen LogP contribution in [0.4, 0.5) is 15.8 Å². The highest BCUT2D eigenvalue weighted by Gasteiger charge is 2.59. The van der Waals surface area contributed by atoms with E-state index in [1.807, 2.05) is 64.1 Å². The standard InChI is InChI=1S/C28H28FN3O3S/c1-5-34-22-8-6-7-20-24-23(26(33)30-21-14-9-16(2)15-17(21)3)28(4,35-25(20)22)32(27(36)31-24)19-12-10-18(29)11-13-19/h6-15,23-24H,5H2,1-4H3,(H,30,33)(H,31,36). The minimum Gasteiger partial charge on any atom is -0.490 e. The summed E-state index contributed by atoms with van der Waals surface area (Å²) in [4.78, 5) is 15.7. The molecule has 3 unspecified atom stereocenters. The van der Waals surface area contributed by atoms with Gasteiger partial charge in [0.1, 0.15) is 11.7 Å². The number of hydrogen-bond donors (Lipinski definition) is 2. The van der Waals surface area contributed by atoms with Gasteiger partial charge in [-0.15, -0.1) is 0 Å². The third kappa shape index (κ3) is 3.95. The van der Waals surface area contributed by atoms with Crippen molar-refractivity contribution in [1.82, 2.24) is 5.32 Å². The summed E-state index contributed by atoms with van der Waals surface area (Å²) in [6.07, 6.45) is 0. The molecule has 0 radical (unpaired) electrons. The number of halogens is 1. The number of carbonyl (C=O) groups is 1. The van der Waals surface area contributed by atoms with E-state index in [0.29, 0.717) is 28.9 Å². The normalized spacial score (nSPS) is 22.2. The van der Waals surface area contributed by atoms with Crippen LogP contribution in [0.25, 0.3) is 0 Å². The molecule has 5 rings (SSSR count). The Labute approximate surface area is 215 Å². The van der Waals surface area contributed by atoms with Gasteiger partial charge in [-0.2, -0.15) is 0 Å². The second-order valence-corrected chi connectivity index (χ2v) is 9.68. The Balaban J connectivity index is 1.64. The molecular formula is C28H28FN3O3S. The Hall–Kier alpha value is -3.65. The maximum Gasteiger partial charge on any atom is 0.236 e. The number of hydrogen-bond acceptors (Lipinski definition) is 4. The van der Waals surface area contributed by atoms with Crippen molar-refractivity contribution in [3.8, 4) is 11.5 Å². The number of carbonyl (C=O) groups excluding carboxylic acids is 1. The lowest BCUT2D eigenvalue weighted by Crippen LogP contribution is -2.72. The third-order valence-electron chi connectivity index (χ3n) is 6.80. The zero-order valence-electron chi connectivity index (χ0n) is 20.6. The zero-order chi connectivity index (χ0) is 25.6. The van der Waals surface area contributed by atoms with E-state index in [4.69, 9.17) is 21.7 Å². The summed E-state index contributed by atoms with van der Waals surface area (Å²) in [5.74, 6) is -0.142. The Morgan fingerprint density at radius 1 is 1.19 bits per heavy atom. The van der Waals surface area contributed by atoms with Crippen LogP contribution in [0, 0.1) is 25.6 Å². The maximum atomic E-state index is 14.0. The number of amides is 1. The topological polar surface area (TPSA) is 62.8 Å². The Kier molecular flexibility index (Phi) is 6.08. The summed E-state index contributed by atoms with van der Waals surface area (Å²) in [6.45, 7) is 8.19. The number of ether oxygens (including phenoxy) is 2. The molecule has 2 bridgehead atoms. The molecular weight excluding hydrogens is 477 g/mol. The van der Waals surface area contributed by atoms with Gasteiger partial charge in [-0.1, -0.05) is 29.8 Å². The second-order valence-electron chi connectivity index (χ2n) is 9.29. The largest absolute Gasteiger partial charge is 0.490 e. The molecule has 0 aromatic heterocycles. The Bertz CT molecular complexity index is 1350. The number of anilines is 2. The summed E-state index contributed by atoms with van der Waals surface area (Å²) in [7, 11) is 0. The lowest BCUT2D eigenvalue weighted by molar-refractivity contribution is -0.130. The molecule has 2 aliphatic heterocycles. The molecule has 3 aromatic carbocycles. The zero-order valence-corrected chi connectivity index (χ0v) is 21.4. The van der Waals surface area contributed by atoms with Crippen molar-refractivity contribution in [3.05, 3.63) is 83.2 Å². The number of aryl methyl sites for hydroxylation is 2. The highest BCUT2D eigenvalue weighted by Crippen LogP contribution is 2.52. The van der Waals surface area contributed by atoms with Crippen molar-refractivity contribution in [1.29, 1.82) is 0 Å². The lowest BCUT2D eigenvalue weighted by Gasteiger charge is -2.56. The van der Waals surface area contributed by atoms with Crippen LogP contribution in [0.2, 0.25) is 0 Å². The maximum absolute atomic E-state index is 14.0. The van der Waals surface area contributed by atoms with Crippen LogP contribution in [0.1, 0.15) is 36.6 Å². The first-order valence-electron chi connectivity index (χ1n) is 11.9. The molecule has 2 heterocycles. The van der Waals surface area contributed by atoms with Gasteiger partial charge < -0.3 is 20.1 Å². The summed E-state index contributed by atoms with van der Waals surface area (Å²) in [5.41, 5.74) is 2.98. The van der Waals surface area contributed by atoms with Crippen LogP contribution in [-0.2, 0) is 4.79 Å². The SMILES string of the molecule is CCOc1cccc2c1OC1(C)C(C(=O)Nc3ccc(C)cc3C)C2NC(=S)N1c1ccc(F)cc1. The molecule has 0 saturated carbocycles. The lowest BCUT2D eigenvalue weighted by atomic mass is 9.78. The number of para-hydroxylation sites is 1. The third-order valence-corrected chi connectivity index (χ3v) is 7.10. The predicted octanol–water partition coefficient (Wildman–Crippen LogP) is 5.64. The Morgan fingerprint density at radius 2 is 1.94 bits per heavy atom. The summed E-state index contributed by atoms with van der Waals surface area (Å²) in [6, 6.07) is 17.0. The quantitative estimate of drug-likeness (QED) is 0.438. The number of rotatable bonds is 5. The van der Waals surface area contributed by atoms with Crippen LogP contribution in [0.5, 0.6) is 11.5 Å². The predicted molar refractivity (Wildman–Crippen MR) is 142 cm³/mol. The van der Waals surface area contributed by atoms with E-state index in [-0.39, 0.29) is 11.7 Å². The molecule has 8 heteroatoms. The van der Waals surface area contributed by atoms with Crippen LogP contribution in [-0.4, -0.2) is 23.4 Å². The average Bonchev–Trinajstić information content (AvgIpc) is 2.82. The number of nitrogens with one attached hydrogen (secondary N) is 2. The first-order chi connectivity index (χ1) is 17.2. The van der Waals surface area contributed by atoms with E-state index in [9.17, 15) is 9.18 Å². The first kappa shape index (κ1) is 24.1. The van der Waals surface area contributed by atoms with Gasteiger partial charge in [0, 0.05) is 16.9 Å². The first-order valence-corrected chi connectivity index (χ1v) is 12.3. The van der Waals surface area contributed by atoms with Gasteiger partial charge in [0.25, 0.3) is 0 Å². The average molecular weight is 506 g/mol. The van der Waals surface area contributed by atoms with Crippen LogP contribution < -0.4 is 25.0 Å². The van der Waals surface area contributed by atoms with Crippen molar-refractivity contribution < 1.29 is 18.7 Å². The van der Waals surface area contributed by atoms with Gasteiger partial charge in [-0.25, -0.2) is 4.39 Å². The number of thiocarbonyl (C=S) groups is 1. The Morgan fingerprint density at radius 3 is 2.64 bits per heavy atom. The van der Waals surface area contributed by atoms with Crippen molar-refractivity contribution in [3.63, 3.8) is 0 Å². The molecule has 0 aliphatic carbocycles. The fraction of sp³-hybridized carbons (Fsp3) is 0.286. The van der Waals surface area contributed by atoms with E-state index < -0.39 is 17.7 Å². The van der Waals surface area contributed by atoms with Gasteiger partial charge in [0.05, 0.1) is 12.6 Å². The van der Waals surface area contributed by atoms with Crippen LogP contribution in [0.15, 0.2) is 60.7 Å². The van der Waals surface area contributed by atoms with Crippen molar-refractivity contribution in [2.24, 2.45) is 5.92 Å². The molecule has 186 valence electrons. The van der Waals surface area contributed by atoms with Crippen molar-refractivity contribution in [2.75, 3.05) is 16.8 Å². The van der Waals surface area contributed by atoms with Crippen LogP contribution >= 0.6 is 12.2 Å². The fourth-order valence-corrected chi connectivity index (χ4v) is 5.60. The smallest absolute Gasteiger partial charge is 0.236 e. The van der Waals surface area contributed by atoms with Crippen LogP contribution in [0.3, 0.4) is 0 Å². The van der Waals surface area contributed by atoms with Crippen molar-refractivity contribution >= 4 is 34.6 Å². The molecule has 3 atom stereocenters. The monoisotopic (exact) mass is 505 g/mol. The second kappa shape index (κ2) is 9.09. The highest BCUT2D eigenvalue weighted by molar-refractivity contribution is 7.80. The van der Waals surface area contributed by atoms with Gasteiger partial charge >= 0.3 is 0 Å². The molecule has 1 fully saturated rings. The van der Waals surface area contributed by atoms with Gasteiger partial charge in [-0.3, -0.25) is 9.69 Å². The van der Waals surface area contributed by atoms with Gasteiger partial charge in [0.15, 0.2) is 22.3 Å². The molecule has 1 saturated heterocycles. The highest BCUT2D eigenvalue weighted by atomic mass is 32.1. The molecule has 2 N–H and O–H groups in total. The molecule has 2 aliphatic rings. The van der Waals surface area contributed by atoms with E-state index in [0.717, 1.165) is 22.4 Å².